The fourth-order valence-corrected chi connectivity index (χ4v) is 19.8. The summed E-state index contributed by atoms with van der Waals surface area (Å²) < 4.78 is 10.8. The van der Waals surface area contributed by atoms with E-state index in [0.717, 1.165) is 5.56 Å². The van der Waals surface area contributed by atoms with Crippen LogP contribution in [0, 0.1) is 0 Å². The summed E-state index contributed by atoms with van der Waals surface area (Å²) in [6.07, 6.45) is 8.55. The normalized spacial score (nSPS) is 12.8. The molecule has 0 radical (unpaired) electrons. The molecule has 0 bridgehead atoms. The molecule has 4 heteroatoms. The van der Waals surface area contributed by atoms with E-state index in [1.165, 1.54) is 58.9 Å². The average Bonchev–Trinajstić information content (AvgIpc) is 2.67. The third-order valence-electron chi connectivity index (χ3n) is 5.55. The number of hydrogen-bond donors (Lipinski definition) is 1. The summed E-state index contributed by atoms with van der Waals surface area (Å²) in [6, 6.07) is 8.58. The van der Waals surface area contributed by atoms with Crippen LogP contribution in [0.25, 0.3) is 0 Å². The summed E-state index contributed by atoms with van der Waals surface area (Å²) in [5.41, 5.74) is 7.05. The third kappa shape index (κ3) is 7.22. The number of esters is 1. The van der Waals surface area contributed by atoms with Crippen LogP contribution < -0.4 is 9.31 Å². The average molecular weight is 468 g/mol. The van der Waals surface area contributed by atoms with Gasteiger partial charge < -0.3 is 0 Å². The topological polar surface area (TPSA) is 52.3 Å². The van der Waals surface area contributed by atoms with Gasteiger partial charge in [-0.05, 0) is 0 Å². The molecule has 26 heavy (non-hydrogen) atoms. The van der Waals surface area contributed by atoms with Crippen LogP contribution in [0.3, 0.4) is 0 Å². The van der Waals surface area contributed by atoms with Gasteiger partial charge in [0, 0.05) is 0 Å². The molecular weight excluding hydrogens is 429 g/mol. The van der Waals surface area contributed by atoms with Gasteiger partial charge in [-0.2, -0.15) is 0 Å². The SMILES string of the molecule is CCC[CH2][Sn]([CH2]CCC)([CH2]CCC)[c]1ccc(CC(N)C(=O)OC)cc1. The van der Waals surface area contributed by atoms with Crippen LogP contribution in [0.15, 0.2) is 24.3 Å². The molecule has 1 rings (SSSR count). The van der Waals surface area contributed by atoms with E-state index in [1.807, 2.05) is 0 Å². The zero-order valence-electron chi connectivity index (χ0n) is 17.4. The molecule has 1 unspecified atom stereocenters. The monoisotopic (exact) mass is 469 g/mol. The molecular formula is C22H39NO2Sn. The van der Waals surface area contributed by atoms with Crippen molar-refractivity contribution in [2.45, 2.75) is 85.1 Å². The van der Waals surface area contributed by atoms with Crippen molar-refractivity contribution in [1.29, 1.82) is 0 Å². The van der Waals surface area contributed by atoms with Gasteiger partial charge in [0.1, 0.15) is 0 Å². The van der Waals surface area contributed by atoms with Crippen molar-refractivity contribution in [3.05, 3.63) is 29.8 Å². The second-order valence-corrected chi connectivity index (χ2v) is 20.9. The van der Waals surface area contributed by atoms with Crippen molar-refractivity contribution in [1.82, 2.24) is 0 Å². The van der Waals surface area contributed by atoms with Crippen molar-refractivity contribution < 1.29 is 9.53 Å². The van der Waals surface area contributed by atoms with E-state index in [0.29, 0.717) is 6.42 Å². The maximum atomic E-state index is 11.6. The van der Waals surface area contributed by atoms with Gasteiger partial charge in [0.2, 0.25) is 0 Å². The molecule has 0 aromatic heterocycles. The Bertz CT molecular complexity index is 494. The summed E-state index contributed by atoms with van der Waals surface area (Å²) in [6.45, 7) is 6.94. The van der Waals surface area contributed by atoms with E-state index in [9.17, 15) is 4.79 Å². The number of unbranched alkanes of at least 4 members (excludes halogenated alkanes) is 3. The molecule has 1 aromatic carbocycles. The molecule has 0 aliphatic rings. The number of carbonyl (C=O) groups excluding carboxylic acids is 1. The van der Waals surface area contributed by atoms with Crippen LogP contribution in [-0.2, 0) is 16.0 Å². The molecule has 0 spiro atoms. The first-order chi connectivity index (χ1) is 12.5. The van der Waals surface area contributed by atoms with E-state index in [-0.39, 0.29) is 5.97 Å². The second kappa shape index (κ2) is 12.8. The minimum atomic E-state index is -2.34. The van der Waals surface area contributed by atoms with E-state index in [4.69, 9.17) is 10.5 Å². The van der Waals surface area contributed by atoms with Gasteiger partial charge in [-0.15, -0.1) is 0 Å². The Kier molecular flexibility index (Phi) is 11.5. The van der Waals surface area contributed by atoms with Crippen molar-refractivity contribution in [3.8, 4) is 0 Å². The van der Waals surface area contributed by atoms with Crippen molar-refractivity contribution >= 4 is 27.9 Å². The fourth-order valence-electron chi connectivity index (χ4n) is 3.84. The number of rotatable bonds is 13. The zero-order chi connectivity index (χ0) is 19.4. The molecule has 1 aromatic rings. The molecule has 0 amide bonds. The number of carbonyl (C=O) groups is 1. The first kappa shape index (κ1) is 23.5. The van der Waals surface area contributed by atoms with Crippen LogP contribution >= 0.6 is 0 Å². The van der Waals surface area contributed by atoms with Crippen LogP contribution in [0.2, 0.25) is 13.3 Å². The zero-order valence-corrected chi connectivity index (χ0v) is 20.2. The summed E-state index contributed by atoms with van der Waals surface area (Å²) in [5.74, 6) is -0.337. The summed E-state index contributed by atoms with van der Waals surface area (Å²) in [7, 11) is 1.39. The first-order valence-corrected chi connectivity index (χ1v) is 17.9. The standard InChI is InChI=1S/C10H12NO2.3C4H9.Sn/c1-13-10(12)9(11)7-8-5-3-2-4-6-8;3*1-3-4-2;/h3-6,9H,7,11H2,1H3;3*1,3-4H2,2H3;. The van der Waals surface area contributed by atoms with Gasteiger partial charge in [0.25, 0.3) is 0 Å². The first-order valence-electron chi connectivity index (χ1n) is 10.5. The third-order valence-corrected chi connectivity index (χ3v) is 21.2. The Hall–Kier alpha value is -0.551. The van der Waals surface area contributed by atoms with E-state index >= 15 is 0 Å². The van der Waals surface area contributed by atoms with E-state index in [1.54, 1.807) is 3.58 Å². The second-order valence-electron chi connectivity index (χ2n) is 7.62. The number of methoxy groups -OCH3 is 1. The number of ether oxygens (including phenoxy) is 1. The van der Waals surface area contributed by atoms with Gasteiger partial charge in [0.05, 0.1) is 0 Å². The van der Waals surface area contributed by atoms with Gasteiger partial charge in [0.15, 0.2) is 0 Å². The molecule has 2 N–H and O–H groups in total. The Morgan fingerprint density at radius 2 is 1.42 bits per heavy atom. The van der Waals surface area contributed by atoms with E-state index in [2.05, 4.69) is 45.0 Å². The predicted octanol–water partition coefficient (Wildman–Crippen LogP) is 4.79. The maximum absolute atomic E-state index is 11.6. The molecule has 3 nitrogen and oxygen atoms in total. The fraction of sp³-hybridized carbons (Fsp3) is 0.682. The van der Waals surface area contributed by atoms with Gasteiger partial charge >= 0.3 is 165 Å². The number of nitrogens with two attached hydrogens (primary N) is 1. The molecule has 0 saturated heterocycles. The molecule has 0 aliphatic heterocycles. The van der Waals surface area contributed by atoms with Crippen LogP contribution in [-0.4, -0.2) is 37.5 Å². The van der Waals surface area contributed by atoms with Crippen molar-refractivity contribution in [3.63, 3.8) is 0 Å². The molecule has 0 saturated carbocycles. The Morgan fingerprint density at radius 3 is 1.81 bits per heavy atom. The van der Waals surface area contributed by atoms with Crippen LogP contribution in [0.5, 0.6) is 0 Å². The summed E-state index contributed by atoms with van der Waals surface area (Å²) >= 11 is -2.34. The Balaban J connectivity index is 3.01. The molecule has 1 atom stereocenters. The van der Waals surface area contributed by atoms with E-state index < -0.39 is 24.4 Å². The predicted molar refractivity (Wildman–Crippen MR) is 115 cm³/mol. The van der Waals surface area contributed by atoms with Crippen molar-refractivity contribution in [2.75, 3.05) is 7.11 Å². The Morgan fingerprint density at radius 1 is 0.962 bits per heavy atom. The quantitative estimate of drug-likeness (QED) is 0.335. The Labute approximate surface area is 165 Å². The minimum absolute atomic E-state index is 0.337. The van der Waals surface area contributed by atoms with Crippen LogP contribution in [0.1, 0.15) is 64.9 Å². The van der Waals surface area contributed by atoms with Gasteiger partial charge in [-0.1, -0.05) is 0 Å². The molecule has 0 heterocycles. The summed E-state index contributed by atoms with van der Waals surface area (Å²) in [5, 5.41) is 0. The molecule has 0 aliphatic carbocycles. The van der Waals surface area contributed by atoms with Gasteiger partial charge in [-0.3, -0.25) is 0 Å². The van der Waals surface area contributed by atoms with Gasteiger partial charge in [-0.25, -0.2) is 0 Å². The summed E-state index contributed by atoms with van der Waals surface area (Å²) in [4.78, 5) is 11.6. The molecule has 148 valence electrons. The van der Waals surface area contributed by atoms with Crippen LogP contribution in [0.4, 0.5) is 0 Å². The molecule has 0 fully saturated rings. The van der Waals surface area contributed by atoms with Crippen molar-refractivity contribution in [2.24, 2.45) is 5.73 Å². The number of benzene rings is 1. The number of hydrogen-bond acceptors (Lipinski definition) is 3.